The van der Waals surface area contributed by atoms with Crippen molar-refractivity contribution in [2.75, 3.05) is 6.61 Å². The average molecular weight is 269 g/mol. The maximum Gasteiger partial charge on any atom is 0.122 e. The van der Waals surface area contributed by atoms with Crippen molar-refractivity contribution in [1.82, 2.24) is 0 Å². The maximum atomic E-state index is 6.19. The second-order valence-corrected chi connectivity index (χ2v) is 5.53. The van der Waals surface area contributed by atoms with E-state index in [1.807, 2.05) is 0 Å². The van der Waals surface area contributed by atoms with Crippen molar-refractivity contribution in [3.8, 4) is 5.75 Å². The molecular formula is C18H23NO. The van der Waals surface area contributed by atoms with Gasteiger partial charge in [-0.05, 0) is 56.0 Å². The molecule has 0 heterocycles. The standard InChI is InChI=1S/C18H23NO/c1-12-5-7-16(8-6-12)17(19)11-20-18-10-13(2)9-14(3)15(18)4/h5-10,17H,11,19H2,1-4H3. The molecule has 0 saturated carbocycles. The van der Waals surface area contributed by atoms with Gasteiger partial charge in [-0.15, -0.1) is 0 Å². The molecule has 2 N–H and O–H groups in total. The molecule has 0 fully saturated rings. The lowest BCUT2D eigenvalue weighted by atomic mass is 10.1. The monoisotopic (exact) mass is 269 g/mol. The second-order valence-electron chi connectivity index (χ2n) is 5.53. The van der Waals surface area contributed by atoms with Crippen LogP contribution in [0.25, 0.3) is 0 Å². The summed E-state index contributed by atoms with van der Waals surface area (Å²) in [6, 6.07) is 12.4. The molecule has 1 unspecified atom stereocenters. The Labute approximate surface area is 121 Å². The lowest BCUT2D eigenvalue weighted by Crippen LogP contribution is -2.19. The predicted octanol–water partition coefficient (Wildman–Crippen LogP) is 4.00. The third-order valence-corrected chi connectivity index (χ3v) is 3.69. The van der Waals surface area contributed by atoms with Gasteiger partial charge < -0.3 is 10.5 Å². The van der Waals surface area contributed by atoms with Crippen LogP contribution in [0.2, 0.25) is 0 Å². The van der Waals surface area contributed by atoms with Gasteiger partial charge in [0.25, 0.3) is 0 Å². The third-order valence-electron chi connectivity index (χ3n) is 3.69. The van der Waals surface area contributed by atoms with Crippen LogP contribution >= 0.6 is 0 Å². The normalized spacial score (nSPS) is 12.2. The number of rotatable bonds is 4. The van der Waals surface area contributed by atoms with Gasteiger partial charge in [-0.2, -0.15) is 0 Å². The first kappa shape index (κ1) is 14.6. The van der Waals surface area contributed by atoms with Crippen LogP contribution in [-0.4, -0.2) is 6.61 Å². The van der Waals surface area contributed by atoms with E-state index in [0.717, 1.165) is 11.3 Å². The Bertz CT molecular complexity index is 587. The van der Waals surface area contributed by atoms with Crippen molar-refractivity contribution >= 4 is 0 Å². The molecule has 0 aliphatic rings. The van der Waals surface area contributed by atoms with Crippen LogP contribution in [0.15, 0.2) is 36.4 Å². The molecule has 2 rings (SSSR count). The maximum absolute atomic E-state index is 6.19. The largest absolute Gasteiger partial charge is 0.491 e. The van der Waals surface area contributed by atoms with E-state index in [-0.39, 0.29) is 6.04 Å². The van der Waals surface area contributed by atoms with Gasteiger partial charge in [0.05, 0.1) is 6.04 Å². The lowest BCUT2D eigenvalue weighted by molar-refractivity contribution is 0.288. The Balaban J connectivity index is 2.07. The molecule has 2 aromatic carbocycles. The molecule has 0 amide bonds. The van der Waals surface area contributed by atoms with Crippen LogP contribution in [-0.2, 0) is 0 Å². The van der Waals surface area contributed by atoms with E-state index < -0.39 is 0 Å². The fourth-order valence-electron chi connectivity index (χ4n) is 2.24. The fraction of sp³-hybridized carbons (Fsp3) is 0.333. The van der Waals surface area contributed by atoms with Crippen LogP contribution in [0, 0.1) is 27.7 Å². The van der Waals surface area contributed by atoms with E-state index in [4.69, 9.17) is 10.5 Å². The summed E-state index contributed by atoms with van der Waals surface area (Å²) in [5.74, 6) is 0.935. The molecule has 0 aliphatic heterocycles. The van der Waals surface area contributed by atoms with E-state index in [1.165, 1.54) is 22.3 Å². The number of aryl methyl sites for hydroxylation is 3. The quantitative estimate of drug-likeness (QED) is 0.910. The summed E-state index contributed by atoms with van der Waals surface area (Å²) in [7, 11) is 0. The van der Waals surface area contributed by atoms with E-state index in [9.17, 15) is 0 Å². The molecule has 106 valence electrons. The molecule has 2 aromatic rings. The van der Waals surface area contributed by atoms with Crippen LogP contribution < -0.4 is 10.5 Å². The Hall–Kier alpha value is -1.80. The van der Waals surface area contributed by atoms with Crippen molar-refractivity contribution in [1.29, 1.82) is 0 Å². The SMILES string of the molecule is Cc1ccc(C(N)COc2cc(C)cc(C)c2C)cc1. The van der Waals surface area contributed by atoms with Gasteiger partial charge in [0, 0.05) is 0 Å². The van der Waals surface area contributed by atoms with Crippen LogP contribution in [0.5, 0.6) is 5.75 Å². The Morgan fingerprint density at radius 2 is 1.60 bits per heavy atom. The summed E-state index contributed by atoms with van der Waals surface area (Å²) in [5, 5.41) is 0. The van der Waals surface area contributed by atoms with Crippen molar-refractivity contribution in [2.45, 2.75) is 33.7 Å². The predicted molar refractivity (Wildman–Crippen MR) is 84.3 cm³/mol. The zero-order chi connectivity index (χ0) is 14.7. The highest BCUT2D eigenvalue weighted by atomic mass is 16.5. The summed E-state index contributed by atoms with van der Waals surface area (Å²) in [4.78, 5) is 0. The Morgan fingerprint density at radius 3 is 2.25 bits per heavy atom. The molecule has 2 heteroatoms. The van der Waals surface area contributed by atoms with Gasteiger partial charge in [0.2, 0.25) is 0 Å². The van der Waals surface area contributed by atoms with Crippen molar-refractivity contribution in [3.63, 3.8) is 0 Å². The summed E-state index contributed by atoms with van der Waals surface area (Å²) in [6.45, 7) is 8.84. The zero-order valence-electron chi connectivity index (χ0n) is 12.7. The number of hydrogen-bond acceptors (Lipinski definition) is 2. The minimum absolute atomic E-state index is 0.101. The van der Waals surface area contributed by atoms with Crippen molar-refractivity contribution in [3.05, 3.63) is 64.2 Å². The zero-order valence-corrected chi connectivity index (χ0v) is 12.7. The molecule has 0 radical (unpaired) electrons. The number of nitrogens with two attached hydrogens (primary N) is 1. The van der Waals surface area contributed by atoms with E-state index >= 15 is 0 Å². The molecule has 0 bridgehead atoms. The Morgan fingerprint density at radius 1 is 0.950 bits per heavy atom. The molecule has 2 nitrogen and oxygen atoms in total. The van der Waals surface area contributed by atoms with E-state index in [1.54, 1.807) is 0 Å². The first-order chi connectivity index (χ1) is 9.47. The fourth-order valence-corrected chi connectivity index (χ4v) is 2.24. The van der Waals surface area contributed by atoms with Gasteiger partial charge in [0.1, 0.15) is 12.4 Å². The van der Waals surface area contributed by atoms with Gasteiger partial charge in [-0.1, -0.05) is 35.9 Å². The Kier molecular flexibility index (Phi) is 4.46. The average Bonchev–Trinajstić information content (AvgIpc) is 2.41. The molecule has 0 saturated heterocycles. The van der Waals surface area contributed by atoms with E-state index in [0.29, 0.717) is 6.61 Å². The summed E-state index contributed by atoms with van der Waals surface area (Å²) < 4.78 is 5.92. The topological polar surface area (TPSA) is 35.2 Å². The van der Waals surface area contributed by atoms with Gasteiger partial charge in [-0.3, -0.25) is 0 Å². The second kappa shape index (κ2) is 6.10. The highest BCUT2D eigenvalue weighted by molar-refractivity contribution is 5.42. The highest BCUT2D eigenvalue weighted by Gasteiger charge is 2.09. The van der Waals surface area contributed by atoms with Gasteiger partial charge >= 0.3 is 0 Å². The van der Waals surface area contributed by atoms with E-state index in [2.05, 4.69) is 64.1 Å². The first-order valence-electron chi connectivity index (χ1n) is 7.00. The third kappa shape index (κ3) is 3.40. The highest BCUT2D eigenvalue weighted by Crippen LogP contribution is 2.24. The molecule has 20 heavy (non-hydrogen) atoms. The summed E-state index contributed by atoms with van der Waals surface area (Å²) in [5.41, 5.74) is 12.2. The lowest BCUT2D eigenvalue weighted by Gasteiger charge is -2.16. The molecule has 1 atom stereocenters. The molecule has 0 spiro atoms. The summed E-state index contributed by atoms with van der Waals surface area (Å²) >= 11 is 0. The van der Waals surface area contributed by atoms with Gasteiger partial charge in [0.15, 0.2) is 0 Å². The van der Waals surface area contributed by atoms with Crippen molar-refractivity contribution in [2.24, 2.45) is 5.73 Å². The summed E-state index contributed by atoms with van der Waals surface area (Å²) in [6.07, 6.45) is 0. The van der Waals surface area contributed by atoms with Crippen LogP contribution in [0.4, 0.5) is 0 Å². The van der Waals surface area contributed by atoms with Crippen LogP contribution in [0.3, 0.4) is 0 Å². The minimum Gasteiger partial charge on any atom is -0.491 e. The van der Waals surface area contributed by atoms with Gasteiger partial charge in [-0.25, -0.2) is 0 Å². The number of hydrogen-bond donors (Lipinski definition) is 1. The van der Waals surface area contributed by atoms with Crippen molar-refractivity contribution < 1.29 is 4.74 Å². The number of benzene rings is 2. The first-order valence-corrected chi connectivity index (χ1v) is 7.00. The molecule has 0 aliphatic carbocycles. The number of ether oxygens (including phenoxy) is 1. The van der Waals surface area contributed by atoms with Crippen LogP contribution in [0.1, 0.15) is 33.9 Å². The molecular weight excluding hydrogens is 246 g/mol. The smallest absolute Gasteiger partial charge is 0.122 e. The minimum atomic E-state index is -0.101. The molecule has 0 aromatic heterocycles.